The van der Waals surface area contributed by atoms with Crippen molar-refractivity contribution in [3.8, 4) is 0 Å². The van der Waals surface area contributed by atoms with Gasteiger partial charge >= 0.3 is 0 Å². The molecule has 1 aromatic rings. The summed E-state index contributed by atoms with van der Waals surface area (Å²) in [4.78, 5) is 4.19. The summed E-state index contributed by atoms with van der Waals surface area (Å²) in [5.41, 5.74) is 1.03. The zero-order valence-corrected chi connectivity index (χ0v) is 7.82. The fourth-order valence-electron chi connectivity index (χ4n) is 1.06. The molecule has 1 nitrogen and oxygen atoms in total. The molecule has 13 heavy (non-hydrogen) atoms. The summed E-state index contributed by atoms with van der Waals surface area (Å²) in [6.07, 6.45) is 11.3. The second-order valence-corrected chi connectivity index (χ2v) is 2.88. The number of hydrogen-bond donors (Lipinski definition) is 0. The van der Waals surface area contributed by atoms with E-state index in [2.05, 4.69) is 23.7 Å². The van der Waals surface area contributed by atoms with Crippen molar-refractivity contribution in [2.45, 2.75) is 19.3 Å². The first kappa shape index (κ1) is 9.72. The lowest BCUT2D eigenvalue weighted by atomic mass is 10.2. The Morgan fingerprint density at radius 1 is 1.31 bits per heavy atom. The summed E-state index contributed by atoms with van der Waals surface area (Å²) in [5, 5.41) is 0. The van der Waals surface area contributed by atoms with Crippen molar-refractivity contribution in [3.05, 3.63) is 48.8 Å². The molecule has 0 aromatic carbocycles. The molecule has 0 saturated heterocycles. The maximum atomic E-state index is 4.19. The van der Waals surface area contributed by atoms with Gasteiger partial charge in [0.25, 0.3) is 0 Å². The summed E-state index contributed by atoms with van der Waals surface area (Å²) in [6.45, 7) is 3.68. The van der Waals surface area contributed by atoms with Gasteiger partial charge in [-0.1, -0.05) is 18.2 Å². The Kier molecular flexibility index (Phi) is 4.62. The van der Waals surface area contributed by atoms with E-state index in [0.29, 0.717) is 0 Å². The molecule has 0 saturated carbocycles. The Balaban J connectivity index is 2.28. The molecule has 0 unspecified atom stereocenters. The van der Waals surface area contributed by atoms with Crippen molar-refractivity contribution in [2.75, 3.05) is 0 Å². The highest BCUT2D eigenvalue weighted by Crippen LogP contribution is 2.01. The van der Waals surface area contributed by atoms with E-state index < -0.39 is 0 Å². The van der Waals surface area contributed by atoms with Crippen LogP contribution < -0.4 is 0 Å². The van der Waals surface area contributed by atoms with Gasteiger partial charge in [0, 0.05) is 6.20 Å². The van der Waals surface area contributed by atoms with Crippen LogP contribution in [0.5, 0.6) is 0 Å². The first-order valence-corrected chi connectivity index (χ1v) is 4.62. The van der Waals surface area contributed by atoms with Gasteiger partial charge in [-0.05, 0) is 37.5 Å². The highest BCUT2D eigenvalue weighted by molar-refractivity contribution is 5.43. The second kappa shape index (κ2) is 6.18. The van der Waals surface area contributed by atoms with Crippen LogP contribution in [0.1, 0.15) is 25.0 Å². The number of unbranched alkanes of at least 4 members (excludes halogenated alkanes) is 2. The van der Waals surface area contributed by atoms with Crippen molar-refractivity contribution in [1.82, 2.24) is 4.98 Å². The molecule has 0 aliphatic heterocycles. The zero-order chi connectivity index (χ0) is 9.36. The van der Waals surface area contributed by atoms with E-state index in [1.54, 1.807) is 0 Å². The normalized spacial score (nSPS) is 10.5. The largest absolute Gasteiger partial charge is 0.257 e. The van der Waals surface area contributed by atoms with Crippen molar-refractivity contribution >= 4 is 6.08 Å². The van der Waals surface area contributed by atoms with E-state index in [4.69, 9.17) is 0 Å². The molecule has 0 aliphatic rings. The van der Waals surface area contributed by atoms with Gasteiger partial charge in [0.05, 0.1) is 5.69 Å². The van der Waals surface area contributed by atoms with E-state index in [-0.39, 0.29) is 0 Å². The fraction of sp³-hybridized carbons (Fsp3) is 0.250. The van der Waals surface area contributed by atoms with E-state index in [9.17, 15) is 0 Å². The minimum atomic E-state index is 1.03. The van der Waals surface area contributed by atoms with Crippen LogP contribution in [-0.4, -0.2) is 4.98 Å². The number of aromatic nitrogens is 1. The van der Waals surface area contributed by atoms with Crippen LogP contribution in [0.4, 0.5) is 0 Å². The lowest BCUT2D eigenvalue weighted by Gasteiger charge is -1.91. The number of hydrogen-bond acceptors (Lipinski definition) is 1. The molecule has 68 valence electrons. The van der Waals surface area contributed by atoms with Crippen LogP contribution in [0, 0.1) is 0 Å². The van der Waals surface area contributed by atoms with Gasteiger partial charge in [0.2, 0.25) is 0 Å². The molecule has 1 rings (SSSR count). The third-order valence-corrected chi connectivity index (χ3v) is 1.76. The van der Waals surface area contributed by atoms with Gasteiger partial charge < -0.3 is 0 Å². The van der Waals surface area contributed by atoms with Crippen LogP contribution in [0.2, 0.25) is 0 Å². The summed E-state index contributed by atoms with van der Waals surface area (Å²) in [7, 11) is 0. The predicted molar refractivity (Wildman–Crippen MR) is 57.3 cm³/mol. The summed E-state index contributed by atoms with van der Waals surface area (Å²) in [6, 6.07) is 5.93. The molecule has 0 aliphatic carbocycles. The second-order valence-electron chi connectivity index (χ2n) is 2.88. The summed E-state index contributed by atoms with van der Waals surface area (Å²) < 4.78 is 0. The molecule has 1 heterocycles. The van der Waals surface area contributed by atoms with Crippen LogP contribution in [0.15, 0.2) is 43.1 Å². The van der Waals surface area contributed by atoms with E-state index in [0.717, 1.165) is 18.5 Å². The van der Waals surface area contributed by atoms with Gasteiger partial charge in [-0.15, -0.1) is 6.58 Å². The number of rotatable bonds is 5. The zero-order valence-electron chi connectivity index (χ0n) is 7.82. The smallest absolute Gasteiger partial charge is 0.0626 e. The Labute approximate surface area is 79.8 Å². The monoisotopic (exact) mass is 173 g/mol. The molecular formula is C12H15N. The molecule has 0 amide bonds. The highest BCUT2D eigenvalue weighted by atomic mass is 14.6. The van der Waals surface area contributed by atoms with Crippen molar-refractivity contribution in [1.29, 1.82) is 0 Å². The molecule has 0 fully saturated rings. The van der Waals surface area contributed by atoms with Crippen LogP contribution in [0.25, 0.3) is 6.08 Å². The first-order valence-electron chi connectivity index (χ1n) is 4.62. The number of allylic oxidation sites excluding steroid dienone is 2. The quantitative estimate of drug-likeness (QED) is 0.491. The lowest BCUT2D eigenvalue weighted by Crippen LogP contribution is -1.76. The molecule has 0 N–H and O–H groups in total. The molecule has 1 heteroatoms. The Hall–Kier alpha value is -1.37. The SMILES string of the molecule is C=CCCC/C=C/c1ccccn1. The molecule has 0 spiro atoms. The average Bonchev–Trinajstić information content (AvgIpc) is 2.19. The van der Waals surface area contributed by atoms with Crippen LogP contribution in [0.3, 0.4) is 0 Å². The Morgan fingerprint density at radius 3 is 2.92 bits per heavy atom. The van der Waals surface area contributed by atoms with Crippen molar-refractivity contribution in [2.24, 2.45) is 0 Å². The Morgan fingerprint density at radius 2 is 2.23 bits per heavy atom. The third-order valence-electron chi connectivity index (χ3n) is 1.76. The molecule has 0 radical (unpaired) electrons. The van der Waals surface area contributed by atoms with Gasteiger partial charge in [-0.2, -0.15) is 0 Å². The lowest BCUT2D eigenvalue weighted by molar-refractivity contribution is 0.872. The number of pyridine rings is 1. The average molecular weight is 173 g/mol. The van der Waals surface area contributed by atoms with Crippen molar-refractivity contribution < 1.29 is 0 Å². The molecule has 1 aromatic heterocycles. The summed E-state index contributed by atoms with van der Waals surface area (Å²) in [5.74, 6) is 0. The molecule has 0 atom stereocenters. The van der Waals surface area contributed by atoms with E-state index in [1.165, 1.54) is 6.42 Å². The van der Waals surface area contributed by atoms with Gasteiger partial charge in [0.15, 0.2) is 0 Å². The van der Waals surface area contributed by atoms with Gasteiger partial charge in [-0.3, -0.25) is 4.98 Å². The van der Waals surface area contributed by atoms with Crippen molar-refractivity contribution in [3.63, 3.8) is 0 Å². The minimum Gasteiger partial charge on any atom is -0.257 e. The highest BCUT2D eigenvalue weighted by Gasteiger charge is 1.83. The predicted octanol–water partition coefficient (Wildman–Crippen LogP) is 3.45. The summed E-state index contributed by atoms with van der Waals surface area (Å²) >= 11 is 0. The van der Waals surface area contributed by atoms with E-state index in [1.807, 2.05) is 30.5 Å². The fourth-order valence-corrected chi connectivity index (χ4v) is 1.06. The molecule has 0 bridgehead atoms. The van der Waals surface area contributed by atoms with Crippen LogP contribution in [-0.2, 0) is 0 Å². The first-order chi connectivity index (χ1) is 6.43. The van der Waals surface area contributed by atoms with Gasteiger partial charge in [-0.25, -0.2) is 0 Å². The van der Waals surface area contributed by atoms with E-state index >= 15 is 0 Å². The van der Waals surface area contributed by atoms with Crippen LogP contribution >= 0.6 is 0 Å². The number of nitrogens with zero attached hydrogens (tertiary/aromatic N) is 1. The Bertz CT molecular complexity index is 262. The minimum absolute atomic E-state index is 1.03. The molecular weight excluding hydrogens is 158 g/mol. The maximum absolute atomic E-state index is 4.19. The maximum Gasteiger partial charge on any atom is 0.0626 e. The standard InChI is InChI=1S/C12H15N/c1-2-3-4-5-6-9-12-10-7-8-11-13-12/h2,6-11H,1,3-5H2/b9-6+. The van der Waals surface area contributed by atoms with Gasteiger partial charge in [0.1, 0.15) is 0 Å². The third kappa shape index (κ3) is 4.26. The topological polar surface area (TPSA) is 12.9 Å².